The average Bonchev–Trinajstić information content (AvgIpc) is 2.73. The van der Waals surface area contributed by atoms with Gasteiger partial charge in [0.2, 0.25) is 0 Å². The van der Waals surface area contributed by atoms with Crippen LogP contribution in [0.15, 0.2) is 28.7 Å². The molecule has 0 aromatic heterocycles. The second-order valence-electron chi connectivity index (χ2n) is 7.41. The van der Waals surface area contributed by atoms with Gasteiger partial charge in [-0.3, -0.25) is 0 Å². The van der Waals surface area contributed by atoms with Gasteiger partial charge >= 0.3 is 0 Å². The summed E-state index contributed by atoms with van der Waals surface area (Å²) in [7, 11) is 0. The van der Waals surface area contributed by atoms with Gasteiger partial charge in [0, 0.05) is 4.47 Å². The number of aryl methyl sites for hydroxylation is 1. The third kappa shape index (κ3) is 1.95. The highest BCUT2D eigenvalue weighted by molar-refractivity contribution is 9.10. The molecule has 1 fully saturated rings. The molecular weight excluding hydrogens is 324 g/mol. The van der Waals surface area contributed by atoms with Crippen molar-refractivity contribution in [2.45, 2.75) is 45.4 Å². The van der Waals surface area contributed by atoms with E-state index >= 15 is 0 Å². The molecule has 2 heteroatoms. The van der Waals surface area contributed by atoms with Crippen LogP contribution in [0.3, 0.4) is 0 Å². The topological polar surface area (TPSA) is 20.2 Å². The van der Waals surface area contributed by atoms with Crippen LogP contribution in [-0.4, -0.2) is 5.11 Å². The van der Waals surface area contributed by atoms with Crippen LogP contribution in [0.2, 0.25) is 0 Å². The van der Waals surface area contributed by atoms with Crippen molar-refractivity contribution in [2.24, 2.45) is 11.3 Å². The summed E-state index contributed by atoms with van der Waals surface area (Å²) in [6.07, 6.45) is 5.08. The van der Waals surface area contributed by atoms with Crippen molar-refractivity contribution < 1.29 is 5.11 Å². The highest BCUT2D eigenvalue weighted by atomic mass is 79.9. The average molecular weight is 345 g/mol. The number of aromatic hydroxyl groups is 1. The number of hydrogen-bond acceptors (Lipinski definition) is 1. The molecule has 21 heavy (non-hydrogen) atoms. The zero-order chi connectivity index (χ0) is 14.8. The Morgan fingerprint density at radius 3 is 2.86 bits per heavy atom. The van der Waals surface area contributed by atoms with Crippen LogP contribution in [0.4, 0.5) is 0 Å². The Morgan fingerprint density at radius 2 is 2.05 bits per heavy atom. The lowest BCUT2D eigenvalue weighted by Gasteiger charge is -2.38. The Balaban J connectivity index is 1.99. The lowest BCUT2D eigenvalue weighted by molar-refractivity contribution is 0.248. The van der Waals surface area contributed by atoms with Gasteiger partial charge in [-0.25, -0.2) is 0 Å². The van der Waals surface area contributed by atoms with Crippen LogP contribution in [0, 0.1) is 11.3 Å². The van der Waals surface area contributed by atoms with Crippen LogP contribution >= 0.6 is 15.9 Å². The second-order valence-corrected chi connectivity index (χ2v) is 8.26. The molecule has 1 nitrogen and oxygen atoms in total. The van der Waals surface area contributed by atoms with Crippen LogP contribution in [0.25, 0.3) is 10.8 Å². The third-order valence-electron chi connectivity index (χ3n) is 5.83. The molecule has 1 N–H and O–H groups in total. The van der Waals surface area contributed by atoms with Crippen LogP contribution in [-0.2, 0) is 6.42 Å². The quantitative estimate of drug-likeness (QED) is 0.642. The summed E-state index contributed by atoms with van der Waals surface area (Å²) >= 11 is 3.75. The number of fused-ring (bicyclic) bond motifs is 5. The summed E-state index contributed by atoms with van der Waals surface area (Å²) in [5.74, 6) is 1.87. The number of halogens is 1. The third-order valence-corrected chi connectivity index (χ3v) is 6.49. The summed E-state index contributed by atoms with van der Waals surface area (Å²) in [4.78, 5) is 0. The molecule has 4 rings (SSSR count). The smallest absolute Gasteiger partial charge is 0.116 e. The van der Waals surface area contributed by atoms with Gasteiger partial charge in [0.25, 0.3) is 0 Å². The van der Waals surface area contributed by atoms with Gasteiger partial charge < -0.3 is 5.11 Å². The van der Waals surface area contributed by atoms with Crippen molar-refractivity contribution in [3.05, 3.63) is 39.9 Å². The molecule has 0 amide bonds. The van der Waals surface area contributed by atoms with E-state index in [1.807, 2.05) is 12.1 Å². The Bertz CT molecular complexity index is 736. The van der Waals surface area contributed by atoms with Gasteiger partial charge in [0.1, 0.15) is 5.75 Å². The number of phenols is 1. The molecule has 0 bridgehead atoms. The van der Waals surface area contributed by atoms with E-state index in [-0.39, 0.29) is 0 Å². The largest absolute Gasteiger partial charge is 0.508 e. The molecule has 2 aliphatic carbocycles. The van der Waals surface area contributed by atoms with E-state index in [1.165, 1.54) is 45.6 Å². The van der Waals surface area contributed by atoms with E-state index in [2.05, 4.69) is 35.8 Å². The molecule has 0 spiro atoms. The standard InChI is InChI=1S/C19H21BrO/c1-11-7-17-16-9-18(20)14-4-3-12(21)8-15(14)13(16)5-6-19(17,2)10-11/h3-4,8-9,11,17,21H,5-7,10H2,1-2H3/t11-,17+,19-/m1/s1. The molecule has 0 saturated heterocycles. The molecule has 0 unspecified atom stereocenters. The monoisotopic (exact) mass is 344 g/mol. The SMILES string of the molecule is C[C@@H]1C[C@H]2c3cc(Br)c4ccc(O)cc4c3CC[C@]2(C)C1. The summed E-state index contributed by atoms with van der Waals surface area (Å²) in [5.41, 5.74) is 3.47. The zero-order valence-electron chi connectivity index (χ0n) is 12.6. The van der Waals surface area contributed by atoms with E-state index in [9.17, 15) is 5.11 Å². The minimum Gasteiger partial charge on any atom is -0.508 e. The van der Waals surface area contributed by atoms with Crippen molar-refractivity contribution >= 4 is 26.7 Å². The van der Waals surface area contributed by atoms with Gasteiger partial charge in [0.15, 0.2) is 0 Å². The first-order valence-corrected chi connectivity index (χ1v) is 8.71. The van der Waals surface area contributed by atoms with E-state index in [1.54, 1.807) is 6.07 Å². The molecule has 3 atom stereocenters. The van der Waals surface area contributed by atoms with Gasteiger partial charge in [-0.05, 0) is 89.1 Å². The van der Waals surface area contributed by atoms with Crippen molar-refractivity contribution in [2.75, 3.05) is 0 Å². The summed E-state index contributed by atoms with van der Waals surface area (Å²) < 4.78 is 1.17. The summed E-state index contributed by atoms with van der Waals surface area (Å²) in [5, 5.41) is 12.3. The van der Waals surface area contributed by atoms with Crippen molar-refractivity contribution in [1.29, 1.82) is 0 Å². The number of hydrogen-bond donors (Lipinski definition) is 1. The molecule has 0 heterocycles. The van der Waals surface area contributed by atoms with E-state index in [0.717, 1.165) is 12.3 Å². The van der Waals surface area contributed by atoms with Crippen molar-refractivity contribution in [3.8, 4) is 5.75 Å². The fraction of sp³-hybridized carbons (Fsp3) is 0.474. The summed E-state index contributed by atoms with van der Waals surface area (Å²) in [6, 6.07) is 8.11. The number of rotatable bonds is 0. The lowest BCUT2D eigenvalue weighted by atomic mass is 9.66. The predicted molar refractivity (Wildman–Crippen MR) is 90.9 cm³/mol. The molecule has 0 aliphatic heterocycles. The maximum Gasteiger partial charge on any atom is 0.116 e. The molecule has 2 aromatic rings. The molecule has 1 saturated carbocycles. The lowest BCUT2D eigenvalue weighted by Crippen LogP contribution is -2.26. The Hall–Kier alpha value is -1.02. The summed E-state index contributed by atoms with van der Waals surface area (Å²) in [6.45, 7) is 4.87. The Labute approximate surface area is 134 Å². The van der Waals surface area contributed by atoms with E-state index in [0.29, 0.717) is 17.1 Å². The second kappa shape index (κ2) is 4.49. The van der Waals surface area contributed by atoms with E-state index in [4.69, 9.17) is 0 Å². The van der Waals surface area contributed by atoms with Gasteiger partial charge in [-0.15, -0.1) is 0 Å². The Kier molecular flexibility index (Phi) is 2.91. The fourth-order valence-electron chi connectivity index (χ4n) is 4.93. The van der Waals surface area contributed by atoms with Crippen LogP contribution in [0.5, 0.6) is 5.75 Å². The van der Waals surface area contributed by atoms with Gasteiger partial charge in [0.05, 0.1) is 0 Å². The first-order chi connectivity index (χ1) is 9.98. The normalized spacial score (nSPS) is 31.2. The minimum absolute atomic E-state index is 0.371. The predicted octanol–water partition coefficient (Wildman–Crippen LogP) is 5.77. The maximum atomic E-state index is 9.89. The van der Waals surface area contributed by atoms with Gasteiger partial charge in [-0.2, -0.15) is 0 Å². The van der Waals surface area contributed by atoms with Crippen molar-refractivity contribution in [3.63, 3.8) is 0 Å². The van der Waals surface area contributed by atoms with Crippen molar-refractivity contribution in [1.82, 2.24) is 0 Å². The number of phenolic OH excluding ortho intramolecular Hbond substituents is 1. The first kappa shape index (κ1) is 13.6. The highest BCUT2D eigenvalue weighted by Gasteiger charge is 2.46. The van der Waals surface area contributed by atoms with Crippen LogP contribution in [0.1, 0.15) is 50.2 Å². The van der Waals surface area contributed by atoms with Crippen LogP contribution < -0.4 is 0 Å². The minimum atomic E-state index is 0.371. The molecule has 110 valence electrons. The highest BCUT2D eigenvalue weighted by Crippen LogP contribution is 2.58. The maximum absolute atomic E-state index is 9.89. The number of benzene rings is 2. The van der Waals surface area contributed by atoms with E-state index < -0.39 is 0 Å². The molecule has 2 aliphatic rings. The fourth-order valence-corrected chi connectivity index (χ4v) is 5.53. The molecule has 0 radical (unpaired) electrons. The zero-order valence-corrected chi connectivity index (χ0v) is 14.2. The Morgan fingerprint density at radius 1 is 1.24 bits per heavy atom. The van der Waals surface area contributed by atoms with Gasteiger partial charge in [-0.1, -0.05) is 29.8 Å². The molecular formula is C19H21BrO. The first-order valence-electron chi connectivity index (χ1n) is 7.92. The molecule has 2 aromatic carbocycles.